The van der Waals surface area contributed by atoms with Crippen molar-refractivity contribution in [2.45, 2.75) is 57.9 Å². The highest BCUT2D eigenvalue weighted by molar-refractivity contribution is 4.89. The summed E-state index contributed by atoms with van der Waals surface area (Å²) in [5, 5.41) is 3.65. The maximum atomic E-state index is 5.51. The van der Waals surface area contributed by atoms with Gasteiger partial charge < -0.3 is 10.1 Å². The van der Waals surface area contributed by atoms with Crippen LogP contribution in [-0.2, 0) is 4.74 Å². The van der Waals surface area contributed by atoms with E-state index in [0.29, 0.717) is 0 Å². The van der Waals surface area contributed by atoms with E-state index in [1.807, 2.05) is 0 Å². The molecule has 0 radical (unpaired) electrons. The third-order valence-corrected chi connectivity index (χ3v) is 5.06. The van der Waals surface area contributed by atoms with E-state index in [1.165, 1.54) is 44.9 Å². The van der Waals surface area contributed by atoms with Crippen molar-refractivity contribution in [1.29, 1.82) is 0 Å². The zero-order chi connectivity index (χ0) is 12.1. The first-order chi connectivity index (χ1) is 8.36. The third-order valence-electron chi connectivity index (χ3n) is 5.06. The maximum absolute atomic E-state index is 5.51. The first-order valence-corrected chi connectivity index (χ1v) is 7.61. The number of nitrogens with one attached hydrogen (secondary N) is 1. The van der Waals surface area contributed by atoms with Crippen LogP contribution in [0.25, 0.3) is 0 Å². The van der Waals surface area contributed by atoms with Gasteiger partial charge in [-0.25, -0.2) is 0 Å². The molecule has 2 heteroatoms. The summed E-state index contributed by atoms with van der Waals surface area (Å²) >= 11 is 0. The Labute approximate surface area is 107 Å². The van der Waals surface area contributed by atoms with E-state index in [0.717, 1.165) is 37.0 Å². The fourth-order valence-corrected chi connectivity index (χ4v) is 4.09. The molecule has 17 heavy (non-hydrogen) atoms. The van der Waals surface area contributed by atoms with Gasteiger partial charge in [-0.05, 0) is 44.1 Å². The Hall–Kier alpha value is -0.0800. The molecule has 0 aromatic rings. The summed E-state index contributed by atoms with van der Waals surface area (Å²) in [7, 11) is 2.17. The van der Waals surface area contributed by atoms with Crippen molar-refractivity contribution in [1.82, 2.24) is 5.32 Å². The lowest BCUT2D eigenvalue weighted by atomic mass is 9.69. The average Bonchev–Trinajstić information content (AvgIpc) is 2.41. The van der Waals surface area contributed by atoms with Crippen molar-refractivity contribution in [3.63, 3.8) is 0 Å². The van der Waals surface area contributed by atoms with E-state index in [2.05, 4.69) is 19.3 Å². The van der Waals surface area contributed by atoms with E-state index in [9.17, 15) is 0 Å². The lowest BCUT2D eigenvalue weighted by Crippen LogP contribution is -2.46. The molecular formula is C15H29NO. The van der Waals surface area contributed by atoms with Gasteiger partial charge in [0.2, 0.25) is 0 Å². The fraction of sp³-hybridized carbons (Fsp3) is 1.00. The van der Waals surface area contributed by atoms with Crippen LogP contribution < -0.4 is 5.32 Å². The van der Waals surface area contributed by atoms with Crippen molar-refractivity contribution >= 4 is 0 Å². The lowest BCUT2D eigenvalue weighted by Gasteiger charge is -2.41. The van der Waals surface area contributed by atoms with Crippen LogP contribution in [0.1, 0.15) is 51.9 Å². The third kappa shape index (κ3) is 3.23. The standard InChI is InChI=1S/C15H29NO/c1-3-12-6-4-5-7-14(12)15(16-2)13-8-10-17-11-9-13/h12-16H,3-11H2,1-2H3. The fourth-order valence-electron chi connectivity index (χ4n) is 4.09. The van der Waals surface area contributed by atoms with E-state index >= 15 is 0 Å². The number of ether oxygens (including phenoxy) is 1. The van der Waals surface area contributed by atoms with Crippen LogP contribution in [0.15, 0.2) is 0 Å². The molecule has 2 rings (SSSR count). The predicted octanol–water partition coefficient (Wildman–Crippen LogP) is 3.22. The van der Waals surface area contributed by atoms with Gasteiger partial charge >= 0.3 is 0 Å². The minimum Gasteiger partial charge on any atom is -0.381 e. The molecule has 1 saturated heterocycles. The summed E-state index contributed by atoms with van der Waals surface area (Å²) < 4.78 is 5.51. The predicted molar refractivity (Wildman–Crippen MR) is 72.1 cm³/mol. The smallest absolute Gasteiger partial charge is 0.0469 e. The van der Waals surface area contributed by atoms with Gasteiger partial charge in [0.25, 0.3) is 0 Å². The second-order valence-electron chi connectivity index (χ2n) is 5.88. The van der Waals surface area contributed by atoms with Crippen molar-refractivity contribution in [3.05, 3.63) is 0 Å². The second kappa shape index (κ2) is 6.75. The molecule has 2 aliphatic rings. The van der Waals surface area contributed by atoms with E-state index in [-0.39, 0.29) is 0 Å². The second-order valence-corrected chi connectivity index (χ2v) is 5.88. The quantitative estimate of drug-likeness (QED) is 0.813. The Morgan fingerprint density at radius 2 is 1.82 bits per heavy atom. The molecule has 0 aromatic carbocycles. The molecule has 1 saturated carbocycles. The van der Waals surface area contributed by atoms with Crippen molar-refractivity contribution < 1.29 is 4.74 Å². The van der Waals surface area contributed by atoms with Crippen molar-refractivity contribution in [3.8, 4) is 0 Å². The molecule has 1 heterocycles. The van der Waals surface area contributed by atoms with Crippen LogP contribution in [0.2, 0.25) is 0 Å². The molecule has 1 aliphatic heterocycles. The SMILES string of the molecule is CCC1CCCCC1C(NC)C1CCOCC1. The van der Waals surface area contributed by atoms with Crippen LogP contribution in [0, 0.1) is 17.8 Å². The Bertz CT molecular complexity index is 213. The van der Waals surface area contributed by atoms with Gasteiger partial charge in [0.1, 0.15) is 0 Å². The zero-order valence-corrected chi connectivity index (χ0v) is 11.6. The highest BCUT2D eigenvalue weighted by atomic mass is 16.5. The van der Waals surface area contributed by atoms with Crippen LogP contribution in [0.5, 0.6) is 0 Å². The van der Waals surface area contributed by atoms with Gasteiger partial charge in [-0.1, -0.05) is 32.6 Å². The molecule has 2 nitrogen and oxygen atoms in total. The largest absolute Gasteiger partial charge is 0.381 e. The van der Waals surface area contributed by atoms with Crippen LogP contribution >= 0.6 is 0 Å². The summed E-state index contributed by atoms with van der Waals surface area (Å²) in [5.74, 6) is 2.73. The first kappa shape index (κ1) is 13.4. The van der Waals surface area contributed by atoms with Gasteiger partial charge in [0.15, 0.2) is 0 Å². The molecule has 1 N–H and O–H groups in total. The molecule has 0 bridgehead atoms. The van der Waals surface area contributed by atoms with Crippen molar-refractivity contribution in [2.24, 2.45) is 17.8 Å². The van der Waals surface area contributed by atoms with Crippen molar-refractivity contribution in [2.75, 3.05) is 20.3 Å². The summed E-state index contributed by atoms with van der Waals surface area (Å²) in [6.07, 6.45) is 9.70. The highest BCUT2D eigenvalue weighted by Gasteiger charge is 2.35. The highest BCUT2D eigenvalue weighted by Crippen LogP contribution is 2.38. The minimum atomic E-state index is 0.740. The lowest BCUT2D eigenvalue weighted by molar-refractivity contribution is 0.0327. The zero-order valence-electron chi connectivity index (χ0n) is 11.6. The van der Waals surface area contributed by atoms with E-state index in [1.54, 1.807) is 0 Å². The monoisotopic (exact) mass is 239 g/mol. The minimum absolute atomic E-state index is 0.740. The normalized spacial score (nSPS) is 33.5. The maximum Gasteiger partial charge on any atom is 0.0469 e. The van der Waals surface area contributed by atoms with Gasteiger partial charge in [-0.3, -0.25) is 0 Å². The van der Waals surface area contributed by atoms with Gasteiger partial charge in [0, 0.05) is 19.3 Å². The molecule has 2 fully saturated rings. The molecular weight excluding hydrogens is 210 g/mol. The number of rotatable bonds is 4. The molecule has 3 unspecified atom stereocenters. The topological polar surface area (TPSA) is 21.3 Å². The Balaban J connectivity index is 1.99. The van der Waals surface area contributed by atoms with Gasteiger partial charge in [0.05, 0.1) is 0 Å². The summed E-state index contributed by atoms with van der Waals surface area (Å²) in [5.41, 5.74) is 0. The Kier molecular flexibility index (Phi) is 5.30. The molecule has 0 spiro atoms. The van der Waals surface area contributed by atoms with E-state index < -0.39 is 0 Å². The Morgan fingerprint density at radius 3 is 2.47 bits per heavy atom. The molecule has 3 atom stereocenters. The summed E-state index contributed by atoms with van der Waals surface area (Å²) in [4.78, 5) is 0. The first-order valence-electron chi connectivity index (χ1n) is 7.61. The molecule has 0 aromatic heterocycles. The molecule has 1 aliphatic carbocycles. The summed E-state index contributed by atoms with van der Waals surface area (Å²) in [6.45, 7) is 4.33. The van der Waals surface area contributed by atoms with Gasteiger partial charge in [-0.2, -0.15) is 0 Å². The number of hydrogen-bond donors (Lipinski definition) is 1. The summed E-state index contributed by atoms with van der Waals surface area (Å²) in [6, 6.07) is 0.740. The average molecular weight is 239 g/mol. The van der Waals surface area contributed by atoms with Crippen LogP contribution in [0.3, 0.4) is 0 Å². The van der Waals surface area contributed by atoms with Crippen LogP contribution in [-0.4, -0.2) is 26.3 Å². The van der Waals surface area contributed by atoms with Gasteiger partial charge in [-0.15, -0.1) is 0 Å². The Morgan fingerprint density at radius 1 is 1.12 bits per heavy atom. The van der Waals surface area contributed by atoms with Crippen LogP contribution in [0.4, 0.5) is 0 Å². The molecule has 100 valence electrons. The number of hydrogen-bond acceptors (Lipinski definition) is 2. The van der Waals surface area contributed by atoms with E-state index in [4.69, 9.17) is 4.74 Å². The molecule has 0 amide bonds.